The number of benzene rings is 1. The standard InChI is InChI=1S/C18H20ClN3O3/c1-11(22-9-13-3-2-8-18(13,10-22)17(23)24)16-20-15(21-25-16)12-4-6-14(19)7-5-12/h4-7,11,13H,2-3,8-10H2,1H3,(H,23,24)/t11?,13-,18+/m0/s1. The molecule has 7 heteroatoms. The highest BCUT2D eigenvalue weighted by molar-refractivity contribution is 6.30. The second kappa shape index (κ2) is 6.11. The van der Waals surface area contributed by atoms with Gasteiger partial charge in [-0.2, -0.15) is 4.98 Å². The zero-order valence-corrected chi connectivity index (χ0v) is 14.7. The summed E-state index contributed by atoms with van der Waals surface area (Å²) in [5.41, 5.74) is 0.236. The molecule has 2 heterocycles. The monoisotopic (exact) mass is 361 g/mol. The first kappa shape index (κ1) is 16.5. The summed E-state index contributed by atoms with van der Waals surface area (Å²) in [5, 5.41) is 14.4. The van der Waals surface area contributed by atoms with Gasteiger partial charge in [-0.3, -0.25) is 9.69 Å². The molecule has 1 N–H and O–H groups in total. The number of likely N-dealkylation sites (tertiary alicyclic amines) is 1. The topological polar surface area (TPSA) is 79.5 Å². The molecule has 1 aliphatic carbocycles. The van der Waals surface area contributed by atoms with Crippen LogP contribution in [0.5, 0.6) is 0 Å². The Morgan fingerprint density at radius 3 is 2.88 bits per heavy atom. The molecule has 1 aromatic carbocycles. The third-order valence-electron chi connectivity index (χ3n) is 5.77. The van der Waals surface area contributed by atoms with E-state index in [1.165, 1.54) is 0 Å². The minimum absolute atomic E-state index is 0.102. The minimum Gasteiger partial charge on any atom is -0.481 e. The molecule has 1 aromatic heterocycles. The van der Waals surface area contributed by atoms with E-state index in [2.05, 4.69) is 15.0 Å². The molecule has 3 atom stereocenters. The van der Waals surface area contributed by atoms with Crippen molar-refractivity contribution in [3.63, 3.8) is 0 Å². The van der Waals surface area contributed by atoms with Gasteiger partial charge in [-0.15, -0.1) is 0 Å². The number of halogens is 1. The van der Waals surface area contributed by atoms with Crippen molar-refractivity contribution in [3.05, 3.63) is 35.2 Å². The highest BCUT2D eigenvalue weighted by Gasteiger charge is 2.55. The number of aromatic nitrogens is 2. The average molecular weight is 362 g/mol. The van der Waals surface area contributed by atoms with Gasteiger partial charge in [0.25, 0.3) is 0 Å². The third-order valence-corrected chi connectivity index (χ3v) is 6.02. The Hall–Kier alpha value is -1.92. The molecule has 1 saturated carbocycles. The van der Waals surface area contributed by atoms with Gasteiger partial charge in [0.1, 0.15) is 0 Å². The maximum Gasteiger partial charge on any atom is 0.311 e. The van der Waals surface area contributed by atoms with Crippen molar-refractivity contribution in [1.29, 1.82) is 0 Å². The van der Waals surface area contributed by atoms with Crippen LogP contribution in [0.1, 0.15) is 38.1 Å². The van der Waals surface area contributed by atoms with Crippen molar-refractivity contribution >= 4 is 17.6 Å². The first-order valence-electron chi connectivity index (χ1n) is 8.56. The summed E-state index contributed by atoms with van der Waals surface area (Å²) in [7, 11) is 0. The Labute approximate surface area is 150 Å². The Balaban J connectivity index is 1.53. The first-order chi connectivity index (χ1) is 12.0. The lowest BCUT2D eigenvalue weighted by atomic mass is 9.81. The fourth-order valence-electron chi connectivity index (χ4n) is 4.25. The maximum atomic E-state index is 11.8. The molecule has 2 aliphatic rings. The molecule has 2 aromatic rings. The van der Waals surface area contributed by atoms with Gasteiger partial charge in [0.2, 0.25) is 11.7 Å². The number of hydrogen-bond acceptors (Lipinski definition) is 5. The zero-order chi connectivity index (χ0) is 17.6. The molecule has 1 unspecified atom stereocenters. The van der Waals surface area contributed by atoms with Crippen LogP contribution >= 0.6 is 11.6 Å². The summed E-state index contributed by atoms with van der Waals surface area (Å²) >= 11 is 5.91. The van der Waals surface area contributed by atoms with E-state index in [0.29, 0.717) is 23.3 Å². The molecule has 1 saturated heterocycles. The first-order valence-corrected chi connectivity index (χ1v) is 8.94. The smallest absolute Gasteiger partial charge is 0.311 e. The van der Waals surface area contributed by atoms with E-state index in [4.69, 9.17) is 16.1 Å². The van der Waals surface area contributed by atoms with Crippen molar-refractivity contribution in [2.75, 3.05) is 13.1 Å². The van der Waals surface area contributed by atoms with E-state index in [-0.39, 0.29) is 12.0 Å². The Morgan fingerprint density at radius 2 is 2.20 bits per heavy atom. The third kappa shape index (κ3) is 2.73. The number of nitrogens with zero attached hydrogens (tertiary/aromatic N) is 3. The van der Waals surface area contributed by atoms with Crippen LogP contribution in [0, 0.1) is 11.3 Å². The Bertz CT molecular complexity index is 791. The fourth-order valence-corrected chi connectivity index (χ4v) is 4.38. The number of hydrogen-bond donors (Lipinski definition) is 1. The lowest BCUT2D eigenvalue weighted by Gasteiger charge is -2.25. The number of fused-ring (bicyclic) bond motifs is 1. The molecular weight excluding hydrogens is 342 g/mol. The van der Waals surface area contributed by atoms with Crippen LogP contribution in [0.4, 0.5) is 0 Å². The van der Waals surface area contributed by atoms with Crippen LogP contribution < -0.4 is 0 Å². The molecule has 1 aliphatic heterocycles. The molecule has 0 bridgehead atoms. The van der Waals surface area contributed by atoms with Crippen LogP contribution in [0.15, 0.2) is 28.8 Å². The second-order valence-corrected chi connectivity index (χ2v) is 7.56. The van der Waals surface area contributed by atoms with E-state index in [9.17, 15) is 9.90 Å². The molecule has 2 fully saturated rings. The van der Waals surface area contributed by atoms with Gasteiger partial charge in [-0.05, 0) is 49.9 Å². The largest absolute Gasteiger partial charge is 0.481 e. The number of carbonyl (C=O) groups is 1. The molecule has 132 valence electrons. The molecule has 0 radical (unpaired) electrons. The fraction of sp³-hybridized carbons (Fsp3) is 0.500. The highest BCUT2D eigenvalue weighted by atomic mass is 35.5. The molecule has 6 nitrogen and oxygen atoms in total. The van der Waals surface area contributed by atoms with Gasteiger partial charge < -0.3 is 9.63 Å². The van der Waals surface area contributed by atoms with E-state index >= 15 is 0 Å². The lowest BCUT2D eigenvalue weighted by Crippen LogP contribution is -2.36. The van der Waals surface area contributed by atoms with Crippen LogP contribution in [0.25, 0.3) is 11.4 Å². The summed E-state index contributed by atoms with van der Waals surface area (Å²) in [5.74, 6) is 0.583. The van der Waals surface area contributed by atoms with Crippen LogP contribution in [0.3, 0.4) is 0 Å². The molecule has 0 spiro atoms. The second-order valence-electron chi connectivity index (χ2n) is 7.12. The Morgan fingerprint density at radius 1 is 1.44 bits per heavy atom. The number of rotatable bonds is 4. The Kier molecular flexibility index (Phi) is 4.04. The van der Waals surface area contributed by atoms with Crippen molar-refractivity contribution < 1.29 is 14.4 Å². The number of aliphatic carboxylic acids is 1. The summed E-state index contributed by atoms with van der Waals surface area (Å²) in [4.78, 5) is 18.5. The van der Waals surface area contributed by atoms with Crippen molar-refractivity contribution in [1.82, 2.24) is 15.0 Å². The predicted octanol–water partition coefficient (Wildman–Crippen LogP) is 3.64. The van der Waals surface area contributed by atoms with Crippen LogP contribution in [-0.4, -0.2) is 39.2 Å². The molecule has 0 amide bonds. The number of carboxylic acid groups (broad SMARTS) is 1. The highest BCUT2D eigenvalue weighted by Crippen LogP contribution is 2.50. The van der Waals surface area contributed by atoms with Gasteiger partial charge >= 0.3 is 5.97 Å². The predicted molar refractivity (Wildman–Crippen MR) is 92.1 cm³/mol. The number of carboxylic acids is 1. The molecular formula is C18H20ClN3O3. The van der Waals surface area contributed by atoms with E-state index in [1.807, 2.05) is 19.1 Å². The molecule has 25 heavy (non-hydrogen) atoms. The van der Waals surface area contributed by atoms with Crippen molar-refractivity contribution in [2.45, 2.75) is 32.2 Å². The normalized spacial score (nSPS) is 27.4. The van der Waals surface area contributed by atoms with Gasteiger partial charge in [-0.1, -0.05) is 23.2 Å². The maximum absolute atomic E-state index is 11.8. The van der Waals surface area contributed by atoms with E-state index < -0.39 is 11.4 Å². The van der Waals surface area contributed by atoms with Crippen LogP contribution in [-0.2, 0) is 4.79 Å². The van der Waals surface area contributed by atoms with Crippen molar-refractivity contribution in [2.24, 2.45) is 11.3 Å². The van der Waals surface area contributed by atoms with Gasteiger partial charge in [0.05, 0.1) is 11.5 Å². The quantitative estimate of drug-likeness (QED) is 0.895. The SMILES string of the molecule is CC(c1nc(-c2ccc(Cl)cc2)no1)N1C[C@@H]2CCC[C@@]2(C(=O)O)C1. The summed E-state index contributed by atoms with van der Waals surface area (Å²) in [6, 6.07) is 7.17. The summed E-state index contributed by atoms with van der Waals surface area (Å²) in [6.45, 7) is 3.31. The van der Waals surface area contributed by atoms with E-state index in [1.54, 1.807) is 12.1 Å². The lowest BCUT2D eigenvalue weighted by molar-refractivity contribution is -0.149. The zero-order valence-electron chi connectivity index (χ0n) is 14.0. The van der Waals surface area contributed by atoms with Gasteiger partial charge in [-0.25, -0.2) is 0 Å². The summed E-state index contributed by atoms with van der Waals surface area (Å²) < 4.78 is 5.46. The summed E-state index contributed by atoms with van der Waals surface area (Å²) in [6.07, 6.45) is 2.74. The average Bonchev–Trinajstić information content (AvgIpc) is 3.29. The minimum atomic E-state index is -0.669. The van der Waals surface area contributed by atoms with Crippen molar-refractivity contribution in [3.8, 4) is 11.4 Å². The van der Waals surface area contributed by atoms with Gasteiger partial charge in [0, 0.05) is 23.7 Å². The van der Waals surface area contributed by atoms with E-state index in [0.717, 1.165) is 31.4 Å². The van der Waals surface area contributed by atoms with Crippen LogP contribution in [0.2, 0.25) is 5.02 Å². The molecule has 4 rings (SSSR count). The van der Waals surface area contributed by atoms with Gasteiger partial charge in [0.15, 0.2) is 0 Å².